The SMILES string of the molecule is Cc1ccccc1C(=O)NCCC(=O)OCc1cccc(Cl)c1. The maximum absolute atomic E-state index is 12.0. The van der Waals surface area contributed by atoms with Crippen LogP contribution in [0, 0.1) is 6.92 Å². The highest BCUT2D eigenvalue weighted by Crippen LogP contribution is 2.11. The van der Waals surface area contributed by atoms with Gasteiger partial charge in [-0.3, -0.25) is 9.59 Å². The second-order valence-corrected chi connectivity index (χ2v) is 5.55. The van der Waals surface area contributed by atoms with Gasteiger partial charge in [-0.25, -0.2) is 0 Å². The Hall–Kier alpha value is -2.33. The Morgan fingerprint density at radius 3 is 2.65 bits per heavy atom. The lowest BCUT2D eigenvalue weighted by Gasteiger charge is -2.08. The molecule has 0 unspecified atom stereocenters. The number of nitrogens with one attached hydrogen (secondary N) is 1. The number of rotatable bonds is 6. The molecule has 1 N–H and O–H groups in total. The molecular weight excluding hydrogens is 314 g/mol. The van der Waals surface area contributed by atoms with Gasteiger partial charge in [0.1, 0.15) is 6.61 Å². The minimum Gasteiger partial charge on any atom is -0.461 e. The molecule has 120 valence electrons. The van der Waals surface area contributed by atoms with E-state index in [0.29, 0.717) is 10.6 Å². The van der Waals surface area contributed by atoms with Gasteiger partial charge in [0.05, 0.1) is 6.42 Å². The van der Waals surface area contributed by atoms with Gasteiger partial charge in [-0.05, 0) is 36.2 Å². The predicted octanol–water partition coefficient (Wildman–Crippen LogP) is 3.51. The predicted molar refractivity (Wildman–Crippen MR) is 89.4 cm³/mol. The molecule has 0 aliphatic rings. The molecule has 0 aliphatic heterocycles. The summed E-state index contributed by atoms with van der Waals surface area (Å²) in [6, 6.07) is 14.4. The standard InChI is InChI=1S/C18H18ClNO3/c1-13-5-2-3-8-16(13)18(22)20-10-9-17(21)23-12-14-6-4-7-15(19)11-14/h2-8,11H,9-10,12H2,1H3,(H,20,22). The molecule has 2 rings (SSSR count). The topological polar surface area (TPSA) is 55.4 Å². The van der Waals surface area contributed by atoms with Crippen LogP contribution in [0.5, 0.6) is 0 Å². The number of esters is 1. The van der Waals surface area contributed by atoms with E-state index >= 15 is 0 Å². The van der Waals surface area contributed by atoms with E-state index in [1.165, 1.54) is 0 Å². The van der Waals surface area contributed by atoms with Crippen molar-refractivity contribution in [2.75, 3.05) is 6.54 Å². The van der Waals surface area contributed by atoms with Crippen molar-refractivity contribution in [3.05, 3.63) is 70.2 Å². The van der Waals surface area contributed by atoms with Crippen molar-refractivity contribution in [1.82, 2.24) is 5.32 Å². The van der Waals surface area contributed by atoms with Crippen LogP contribution in [0.15, 0.2) is 48.5 Å². The van der Waals surface area contributed by atoms with Crippen LogP contribution in [0.25, 0.3) is 0 Å². The number of hydrogen-bond donors (Lipinski definition) is 1. The Kier molecular flexibility index (Phi) is 6.18. The lowest BCUT2D eigenvalue weighted by molar-refractivity contribution is -0.144. The van der Waals surface area contributed by atoms with E-state index in [-0.39, 0.29) is 31.4 Å². The van der Waals surface area contributed by atoms with Crippen LogP contribution >= 0.6 is 11.6 Å². The highest BCUT2D eigenvalue weighted by Gasteiger charge is 2.09. The first-order chi connectivity index (χ1) is 11.1. The minimum absolute atomic E-state index is 0.123. The monoisotopic (exact) mass is 331 g/mol. The molecule has 2 aromatic rings. The summed E-state index contributed by atoms with van der Waals surface area (Å²) in [5.41, 5.74) is 2.34. The molecule has 0 bridgehead atoms. The smallest absolute Gasteiger partial charge is 0.307 e. The van der Waals surface area contributed by atoms with E-state index in [4.69, 9.17) is 16.3 Å². The van der Waals surface area contributed by atoms with Gasteiger partial charge in [-0.2, -0.15) is 0 Å². The maximum Gasteiger partial charge on any atom is 0.307 e. The molecule has 4 nitrogen and oxygen atoms in total. The van der Waals surface area contributed by atoms with Crippen LogP contribution in [0.2, 0.25) is 5.02 Å². The average molecular weight is 332 g/mol. The Bertz CT molecular complexity index is 700. The quantitative estimate of drug-likeness (QED) is 0.824. The summed E-state index contributed by atoms with van der Waals surface area (Å²) >= 11 is 5.86. The van der Waals surface area contributed by atoms with Gasteiger partial charge >= 0.3 is 5.97 Å². The first kappa shape index (κ1) is 17.0. The first-order valence-corrected chi connectivity index (χ1v) is 7.68. The van der Waals surface area contributed by atoms with Crippen molar-refractivity contribution in [1.29, 1.82) is 0 Å². The van der Waals surface area contributed by atoms with E-state index < -0.39 is 0 Å². The molecule has 0 spiro atoms. The van der Waals surface area contributed by atoms with E-state index in [1.54, 1.807) is 30.3 Å². The lowest BCUT2D eigenvalue weighted by atomic mass is 10.1. The molecule has 1 amide bonds. The van der Waals surface area contributed by atoms with Gasteiger partial charge in [0.2, 0.25) is 0 Å². The Morgan fingerprint density at radius 2 is 1.91 bits per heavy atom. The molecule has 0 fully saturated rings. The van der Waals surface area contributed by atoms with Crippen LogP contribution in [0.1, 0.15) is 27.9 Å². The van der Waals surface area contributed by atoms with Crippen molar-refractivity contribution in [2.45, 2.75) is 20.0 Å². The maximum atomic E-state index is 12.0. The summed E-state index contributed by atoms with van der Waals surface area (Å²) in [7, 11) is 0. The van der Waals surface area contributed by atoms with E-state index in [2.05, 4.69) is 5.32 Å². The van der Waals surface area contributed by atoms with Crippen LogP contribution in [-0.2, 0) is 16.1 Å². The molecule has 0 aliphatic carbocycles. The van der Waals surface area contributed by atoms with Crippen molar-refractivity contribution >= 4 is 23.5 Å². The Morgan fingerprint density at radius 1 is 1.13 bits per heavy atom. The highest BCUT2D eigenvalue weighted by molar-refractivity contribution is 6.30. The summed E-state index contributed by atoms with van der Waals surface area (Å²) < 4.78 is 5.15. The zero-order valence-electron chi connectivity index (χ0n) is 12.8. The van der Waals surface area contributed by atoms with Crippen LogP contribution in [0.4, 0.5) is 0 Å². The average Bonchev–Trinajstić information content (AvgIpc) is 2.53. The number of ether oxygens (including phenoxy) is 1. The fraction of sp³-hybridized carbons (Fsp3) is 0.222. The van der Waals surface area contributed by atoms with E-state index in [9.17, 15) is 9.59 Å². The fourth-order valence-corrected chi connectivity index (χ4v) is 2.28. The minimum atomic E-state index is -0.366. The lowest BCUT2D eigenvalue weighted by Crippen LogP contribution is -2.27. The first-order valence-electron chi connectivity index (χ1n) is 7.30. The number of aryl methyl sites for hydroxylation is 1. The van der Waals surface area contributed by atoms with E-state index in [0.717, 1.165) is 11.1 Å². The van der Waals surface area contributed by atoms with Gasteiger partial charge in [0, 0.05) is 17.1 Å². The number of carbonyl (C=O) groups is 2. The van der Waals surface area contributed by atoms with Gasteiger partial charge < -0.3 is 10.1 Å². The van der Waals surface area contributed by atoms with Crippen LogP contribution in [-0.4, -0.2) is 18.4 Å². The Labute approximate surface area is 140 Å². The molecule has 5 heteroatoms. The number of hydrogen-bond acceptors (Lipinski definition) is 3. The van der Waals surface area contributed by atoms with E-state index in [1.807, 2.05) is 25.1 Å². The molecule has 0 radical (unpaired) electrons. The highest BCUT2D eigenvalue weighted by atomic mass is 35.5. The third-order valence-corrected chi connectivity index (χ3v) is 3.53. The van der Waals surface area contributed by atoms with Crippen LogP contribution < -0.4 is 5.32 Å². The molecular formula is C18H18ClNO3. The van der Waals surface area contributed by atoms with Gasteiger partial charge in [0.15, 0.2) is 0 Å². The van der Waals surface area contributed by atoms with Crippen LogP contribution in [0.3, 0.4) is 0 Å². The molecule has 0 heterocycles. The van der Waals surface area contributed by atoms with Crippen molar-refractivity contribution in [3.63, 3.8) is 0 Å². The molecule has 0 saturated carbocycles. The number of carbonyl (C=O) groups excluding carboxylic acids is 2. The zero-order valence-corrected chi connectivity index (χ0v) is 13.6. The Balaban J connectivity index is 1.73. The summed E-state index contributed by atoms with van der Waals surface area (Å²) in [4.78, 5) is 23.7. The third-order valence-electron chi connectivity index (χ3n) is 3.29. The van der Waals surface area contributed by atoms with Crippen molar-refractivity contribution < 1.29 is 14.3 Å². The van der Waals surface area contributed by atoms with Gasteiger partial charge in [-0.1, -0.05) is 41.9 Å². The zero-order chi connectivity index (χ0) is 16.7. The second-order valence-electron chi connectivity index (χ2n) is 5.11. The molecule has 0 atom stereocenters. The number of benzene rings is 2. The second kappa shape index (κ2) is 8.34. The summed E-state index contributed by atoms with van der Waals surface area (Å²) in [6.45, 7) is 2.28. The summed E-state index contributed by atoms with van der Waals surface area (Å²) in [6.07, 6.45) is 0.123. The normalized spacial score (nSPS) is 10.2. The van der Waals surface area contributed by atoms with Gasteiger partial charge in [-0.15, -0.1) is 0 Å². The summed E-state index contributed by atoms with van der Waals surface area (Å²) in [5.74, 6) is -0.555. The molecule has 0 aromatic heterocycles. The molecule has 0 saturated heterocycles. The number of amides is 1. The number of halogens is 1. The molecule has 2 aromatic carbocycles. The van der Waals surface area contributed by atoms with Crippen molar-refractivity contribution in [2.24, 2.45) is 0 Å². The third kappa shape index (κ3) is 5.42. The van der Waals surface area contributed by atoms with Crippen molar-refractivity contribution in [3.8, 4) is 0 Å². The summed E-state index contributed by atoms with van der Waals surface area (Å²) in [5, 5.41) is 3.32. The largest absolute Gasteiger partial charge is 0.461 e. The molecule has 23 heavy (non-hydrogen) atoms. The van der Waals surface area contributed by atoms with Gasteiger partial charge in [0.25, 0.3) is 5.91 Å². The fourth-order valence-electron chi connectivity index (χ4n) is 2.06.